The van der Waals surface area contributed by atoms with Gasteiger partial charge in [0.1, 0.15) is 0 Å². The van der Waals surface area contributed by atoms with E-state index in [2.05, 4.69) is 34.0 Å². The molecule has 2 aliphatic heterocycles. The molecule has 0 bridgehead atoms. The summed E-state index contributed by atoms with van der Waals surface area (Å²) in [5, 5.41) is 14.2. The third-order valence-corrected chi connectivity index (χ3v) is 6.42. The average Bonchev–Trinajstić information content (AvgIpc) is 3.53. The molecule has 2 saturated heterocycles. The molecule has 3 aliphatic rings. The maximum absolute atomic E-state index is 10.6. The van der Waals surface area contributed by atoms with E-state index in [1.54, 1.807) is 0 Å². The summed E-state index contributed by atoms with van der Waals surface area (Å²) in [5.74, 6) is -4.51. The standard InChI is InChI=1S/C19H29N3O.2C2HF3O2/c1-21(14-17-4-2-3-9-20-17)18-12-19(23-15-18)7-10-22(11-8-19)13-16-5-6-16;2*3-2(4,5)1(6)7/h2-4,9,16,18H,5-8,10-15H2,1H3;2*(H,6,7). The van der Waals surface area contributed by atoms with Gasteiger partial charge in [-0.05, 0) is 57.2 Å². The zero-order valence-electron chi connectivity index (χ0n) is 20.3. The number of carboxylic acids is 2. The van der Waals surface area contributed by atoms with Crippen LogP contribution in [0.3, 0.4) is 0 Å². The fourth-order valence-corrected chi connectivity index (χ4v) is 4.14. The van der Waals surface area contributed by atoms with Crippen LogP contribution in [0.4, 0.5) is 26.3 Å². The van der Waals surface area contributed by atoms with Crippen LogP contribution in [-0.2, 0) is 20.9 Å². The highest BCUT2D eigenvalue weighted by Crippen LogP contribution is 2.39. The molecule has 2 N–H and O–H groups in total. The van der Waals surface area contributed by atoms with Crippen molar-refractivity contribution in [2.75, 3.05) is 33.3 Å². The molecular weight excluding hydrogens is 512 g/mol. The summed E-state index contributed by atoms with van der Waals surface area (Å²) in [5.41, 5.74) is 1.30. The number of carboxylic acid groups (broad SMARTS) is 2. The summed E-state index contributed by atoms with van der Waals surface area (Å²) in [6.45, 7) is 5.59. The van der Waals surface area contributed by atoms with Crippen LogP contribution in [0, 0.1) is 5.92 Å². The number of nitrogens with zero attached hydrogens (tertiary/aromatic N) is 3. The van der Waals surface area contributed by atoms with Crippen LogP contribution in [0.1, 0.15) is 37.8 Å². The molecule has 14 heteroatoms. The maximum atomic E-state index is 10.6. The van der Waals surface area contributed by atoms with E-state index in [0.29, 0.717) is 6.04 Å². The van der Waals surface area contributed by atoms with Gasteiger partial charge in [0.05, 0.1) is 17.9 Å². The highest BCUT2D eigenvalue weighted by atomic mass is 19.4. The number of ether oxygens (including phenoxy) is 1. The van der Waals surface area contributed by atoms with Crippen molar-refractivity contribution in [3.63, 3.8) is 0 Å². The van der Waals surface area contributed by atoms with E-state index in [0.717, 1.165) is 24.8 Å². The molecule has 3 heterocycles. The summed E-state index contributed by atoms with van der Waals surface area (Å²) < 4.78 is 69.8. The molecule has 1 saturated carbocycles. The van der Waals surface area contributed by atoms with Gasteiger partial charge >= 0.3 is 24.3 Å². The van der Waals surface area contributed by atoms with Crippen LogP contribution >= 0.6 is 0 Å². The second-order valence-electron chi connectivity index (χ2n) is 9.44. The summed E-state index contributed by atoms with van der Waals surface area (Å²) in [6, 6.07) is 6.69. The summed E-state index contributed by atoms with van der Waals surface area (Å²) >= 11 is 0. The van der Waals surface area contributed by atoms with Crippen molar-refractivity contribution in [2.24, 2.45) is 5.92 Å². The number of piperidine rings is 1. The molecule has 0 aromatic carbocycles. The Hall–Kier alpha value is -2.45. The first kappa shape index (κ1) is 30.8. The van der Waals surface area contributed by atoms with E-state index in [4.69, 9.17) is 24.5 Å². The van der Waals surface area contributed by atoms with E-state index < -0.39 is 24.3 Å². The Morgan fingerprint density at radius 3 is 2.05 bits per heavy atom. The SMILES string of the molecule is CN(Cc1ccccn1)C1COC2(CCN(CC3CC3)CC2)C1.O=C(O)C(F)(F)F.O=C(O)C(F)(F)F. The molecule has 1 spiro atoms. The summed E-state index contributed by atoms with van der Waals surface area (Å²) in [7, 11) is 2.21. The van der Waals surface area contributed by atoms with Crippen molar-refractivity contribution in [1.82, 2.24) is 14.8 Å². The predicted octanol–water partition coefficient (Wildman–Crippen LogP) is 3.81. The molecule has 210 valence electrons. The number of likely N-dealkylation sites (tertiary alicyclic amines) is 1. The number of rotatable bonds is 5. The highest BCUT2D eigenvalue weighted by Gasteiger charge is 2.44. The number of likely N-dealkylation sites (N-methyl/N-ethyl adjacent to an activating group) is 1. The Kier molecular flexibility index (Phi) is 10.7. The Morgan fingerprint density at radius 2 is 1.62 bits per heavy atom. The van der Waals surface area contributed by atoms with Gasteiger partial charge in [-0.15, -0.1) is 0 Å². The van der Waals surface area contributed by atoms with Crippen molar-refractivity contribution < 1.29 is 50.9 Å². The van der Waals surface area contributed by atoms with E-state index in [-0.39, 0.29) is 5.60 Å². The average molecular weight is 544 g/mol. The number of pyridine rings is 1. The Labute approximate surface area is 210 Å². The topological polar surface area (TPSA) is 103 Å². The smallest absolute Gasteiger partial charge is 0.475 e. The highest BCUT2D eigenvalue weighted by molar-refractivity contribution is 5.73. The van der Waals surface area contributed by atoms with Crippen LogP contribution in [0.5, 0.6) is 0 Å². The molecule has 4 rings (SSSR count). The minimum atomic E-state index is -5.08. The van der Waals surface area contributed by atoms with Crippen molar-refractivity contribution >= 4 is 11.9 Å². The number of aliphatic carboxylic acids is 2. The van der Waals surface area contributed by atoms with Crippen LogP contribution in [0.2, 0.25) is 0 Å². The van der Waals surface area contributed by atoms with Gasteiger partial charge < -0.3 is 19.8 Å². The quantitative estimate of drug-likeness (QED) is 0.541. The summed E-state index contributed by atoms with van der Waals surface area (Å²) in [6.07, 6.45) is -1.75. The number of halogens is 6. The first-order valence-corrected chi connectivity index (χ1v) is 11.7. The summed E-state index contributed by atoms with van der Waals surface area (Å²) in [4.78, 5) is 27.3. The molecule has 0 radical (unpaired) electrons. The molecular formula is C23H31F6N3O5. The number of aromatic nitrogens is 1. The number of hydrogen-bond acceptors (Lipinski definition) is 6. The predicted molar refractivity (Wildman–Crippen MR) is 119 cm³/mol. The van der Waals surface area contributed by atoms with Gasteiger partial charge in [0.25, 0.3) is 0 Å². The number of alkyl halides is 6. The Bertz CT molecular complexity index is 848. The van der Waals surface area contributed by atoms with Gasteiger partial charge in [-0.2, -0.15) is 26.3 Å². The molecule has 3 fully saturated rings. The second-order valence-corrected chi connectivity index (χ2v) is 9.44. The molecule has 37 heavy (non-hydrogen) atoms. The van der Waals surface area contributed by atoms with Crippen LogP contribution in [-0.4, -0.2) is 94.2 Å². The fraction of sp³-hybridized carbons (Fsp3) is 0.696. The first-order chi connectivity index (χ1) is 17.1. The van der Waals surface area contributed by atoms with Gasteiger partial charge in [-0.25, -0.2) is 9.59 Å². The van der Waals surface area contributed by atoms with Gasteiger partial charge in [0, 0.05) is 38.4 Å². The molecule has 8 nitrogen and oxygen atoms in total. The van der Waals surface area contributed by atoms with Crippen LogP contribution < -0.4 is 0 Å². The third kappa shape index (κ3) is 10.8. The minimum Gasteiger partial charge on any atom is -0.475 e. The Morgan fingerprint density at radius 1 is 1.08 bits per heavy atom. The van der Waals surface area contributed by atoms with Crippen molar-refractivity contribution in [3.8, 4) is 0 Å². The molecule has 1 aliphatic carbocycles. The largest absolute Gasteiger partial charge is 0.490 e. The molecule has 1 atom stereocenters. The van der Waals surface area contributed by atoms with E-state index in [1.165, 1.54) is 51.7 Å². The van der Waals surface area contributed by atoms with Gasteiger partial charge in [0.15, 0.2) is 0 Å². The molecule has 1 aromatic rings. The normalized spacial score (nSPS) is 21.6. The molecule has 1 aromatic heterocycles. The van der Waals surface area contributed by atoms with E-state index >= 15 is 0 Å². The maximum Gasteiger partial charge on any atom is 0.490 e. The molecule has 0 amide bonds. The fourth-order valence-electron chi connectivity index (χ4n) is 4.14. The lowest BCUT2D eigenvalue weighted by Crippen LogP contribution is -2.45. The van der Waals surface area contributed by atoms with E-state index in [1.807, 2.05) is 12.3 Å². The minimum absolute atomic E-state index is 0.156. The number of carbonyl (C=O) groups is 2. The second kappa shape index (κ2) is 12.9. The van der Waals surface area contributed by atoms with Crippen LogP contribution in [0.15, 0.2) is 24.4 Å². The first-order valence-electron chi connectivity index (χ1n) is 11.7. The lowest BCUT2D eigenvalue weighted by molar-refractivity contribution is -0.193. The molecule has 1 unspecified atom stereocenters. The zero-order chi connectivity index (χ0) is 27.9. The zero-order valence-corrected chi connectivity index (χ0v) is 20.3. The van der Waals surface area contributed by atoms with Crippen molar-refractivity contribution in [3.05, 3.63) is 30.1 Å². The van der Waals surface area contributed by atoms with Gasteiger partial charge in [0.2, 0.25) is 0 Å². The van der Waals surface area contributed by atoms with Crippen molar-refractivity contribution in [1.29, 1.82) is 0 Å². The number of hydrogen-bond donors (Lipinski definition) is 2. The van der Waals surface area contributed by atoms with Gasteiger partial charge in [-0.3, -0.25) is 9.88 Å². The Balaban J connectivity index is 0.000000286. The van der Waals surface area contributed by atoms with Crippen molar-refractivity contribution in [2.45, 2.75) is 62.6 Å². The third-order valence-electron chi connectivity index (χ3n) is 6.42. The lowest BCUT2D eigenvalue weighted by atomic mass is 9.87. The van der Waals surface area contributed by atoms with Crippen LogP contribution in [0.25, 0.3) is 0 Å². The van der Waals surface area contributed by atoms with E-state index in [9.17, 15) is 26.3 Å². The van der Waals surface area contributed by atoms with Gasteiger partial charge in [-0.1, -0.05) is 6.07 Å². The lowest BCUT2D eigenvalue weighted by Gasteiger charge is -2.39. The monoisotopic (exact) mass is 543 g/mol.